The number of carboxylic acids is 1. The van der Waals surface area contributed by atoms with Crippen molar-refractivity contribution in [3.8, 4) is 0 Å². The lowest BCUT2D eigenvalue weighted by molar-refractivity contribution is 0.0695. The summed E-state index contributed by atoms with van der Waals surface area (Å²) in [6, 6.07) is 2.21. The van der Waals surface area contributed by atoms with E-state index in [1.165, 1.54) is 0 Å². The summed E-state index contributed by atoms with van der Waals surface area (Å²) >= 11 is 0. The van der Waals surface area contributed by atoms with Gasteiger partial charge in [-0.15, -0.1) is 0 Å². The summed E-state index contributed by atoms with van der Waals surface area (Å²) in [6.07, 6.45) is 1.04. The van der Waals surface area contributed by atoms with Gasteiger partial charge < -0.3 is 10.0 Å². The Labute approximate surface area is 123 Å². The van der Waals surface area contributed by atoms with E-state index in [1.54, 1.807) is 4.90 Å². The largest absolute Gasteiger partial charge is 0.478 e. The Morgan fingerprint density at radius 2 is 1.76 bits per heavy atom. The second-order valence-electron chi connectivity index (χ2n) is 5.37. The fourth-order valence-corrected chi connectivity index (χ4v) is 2.64. The van der Waals surface area contributed by atoms with Gasteiger partial charge >= 0.3 is 5.97 Å². The third-order valence-corrected chi connectivity index (χ3v) is 4.11. The summed E-state index contributed by atoms with van der Waals surface area (Å²) in [6.45, 7) is 6.80. The minimum Gasteiger partial charge on any atom is -0.478 e. The average Bonchev–Trinajstić information content (AvgIpc) is 2.46. The van der Waals surface area contributed by atoms with Gasteiger partial charge in [0.15, 0.2) is 0 Å². The van der Waals surface area contributed by atoms with Crippen molar-refractivity contribution in [1.29, 1.82) is 0 Å². The van der Waals surface area contributed by atoms with Crippen LogP contribution in [0.25, 0.3) is 0 Å². The van der Waals surface area contributed by atoms with Gasteiger partial charge in [-0.25, -0.2) is 13.6 Å². The molecule has 1 unspecified atom stereocenters. The molecule has 1 saturated heterocycles. The van der Waals surface area contributed by atoms with Gasteiger partial charge in [-0.05, 0) is 25.5 Å². The lowest BCUT2D eigenvalue weighted by Gasteiger charge is -2.39. The van der Waals surface area contributed by atoms with Crippen LogP contribution in [0.5, 0.6) is 0 Å². The second-order valence-corrected chi connectivity index (χ2v) is 5.37. The molecule has 0 bridgehead atoms. The molecule has 2 rings (SSSR count). The van der Waals surface area contributed by atoms with E-state index in [-0.39, 0.29) is 11.3 Å². The van der Waals surface area contributed by atoms with E-state index >= 15 is 0 Å². The number of halogens is 2. The van der Waals surface area contributed by atoms with Crippen LogP contribution in [-0.2, 0) is 0 Å². The summed E-state index contributed by atoms with van der Waals surface area (Å²) in [5, 5.41) is 8.80. The quantitative estimate of drug-likeness (QED) is 0.928. The van der Waals surface area contributed by atoms with E-state index in [1.807, 2.05) is 0 Å². The molecule has 6 heteroatoms. The first-order valence-corrected chi connectivity index (χ1v) is 7.15. The highest BCUT2D eigenvalue weighted by Crippen LogP contribution is 2.26. The van der Waals surface area contributed by atoms with Gasteiger partial charge in [-0.3, -0.25) is 4.90 Å². The number of rotatable bonds is 4. The molecule has 0 radical (unpaired) electrons. The maximum absolute atomic E-state index is 14.0. The van der Waals surface area contributed by atoms with Crippen LogP contribution in [0.1, 0.15) is 30.6 Å². The molecular weight excluding hydrogens is 278 g/mol. The van der Waals surface area contributed by atoms with Gasteiger partial charge in [-0.1, -0.05) is 6.92 Å². The highest BCUT2D eigenvalue weighted by molar-refractivity contribution is 5.88. The second kappa shape index (κ2) is 6.39. The first-order chi connectivity index (χ1) is 9.93. The van der Waals surface area contributed by atoms with E-state index < -0.39 is 17.6 Å². The summed E-state index contributed by atoms with van der Waals surface area (Å²) in [5.41, 5.74) is -0.490. The van der Waals surface area contributed by atoms with Crippen LogP contribution in [0.3, 0.4) is 0 Å². The Morgan fingerprint density at radius 1 is 1.24 bits per heavy atom. The number of hydrogen-bond acceptors (Lipinski definition) is 3. The van der Waals surface area contributed by atoms with Crippen molar-refractivity contribution in [1.82, 2.24) is 4.90 Å². The minimum atomic E-state index is -1.33. The van der Waals surface area contributed by atoms with Gasteiger partial charge in [0.1, 0.15) is 17.3 Å². The van der Waals surface area contributed by atoms with Crippen LogP contribution in [0.15, 0.2) is 12.1 Å². The average molecular weight is 298 g/mol. The molecule has 1 aromatic carbocycles. The van der Waals surface area contributed by atoms with Gasteiger partial charge in [0.25, 0.3) is 0 Å². The highest BCUT2D eigenvalue weighted by atomic mass is 19.1. The normalized spacial score (nSPS) is 17.8. The standard InChI is InChI=1S/C15H20F2N2O2/c1-3-10(2)18-4-6-19(7-5-18)14-12(16)8-11(15(20)21)9-13(14)17/h8-10H,3-7H2,1-2H3,(H,20,21). The highest BCUT2D eigenvalue weighted by Gasteiger charge is 2.25. The smallest absolute Gasteiger partial charge is 0.335 e. The van der Waals surface area contributed by atoms with Gasteiger partial charge in [0, 0.05) is 32.2 Å². The number of benzene rings is 1. The topological polar surface area (TPSA) is 43.8 Å². The lowest BCUT2D eigenvalue weighted by atomic mass is 10.1. The third-order valence-electron chi connectivity index (χ3n) is 4.11. The zero-order chi connectivity index (χ0) is 15.6. The van der Waals surface area contributed by atoms with Crippen LogP contribution in [0.4, 0.5) is 14.5 Å². The molecule has 0 aromatic heterocycles. The number of hydrogen-bond donors (Lipinski definition) is 1. The van der Waals surface area contributed by atoms with E-state index in [0.717, 1.165) is 31.6 Å². The molecule has 1 aliphatic rings. The molecule has 116 valence electrons. The van der Waals surface area contributed by atoms with E-state index in [2.05, 4.69) is 18.7 Å². The van der Waals surface area contributed by atoms with Crippen molar-refractivity contribution in [2.24, 2.45) is 0 Å². The Hall–Kier alpha value is -1.69. The molecular formula is C15H20F2N2O2. The Kier molecular flexibility index (Phi) is 4.77. The zero-order valence-electron chi connectivity index (χ0n) is 12.3. The molecule has 0 saturated carbocycles. The van der Waals surface area contributed by atoms with Gasteiger partial charge in [0.2, 0.25) is 0 Å². The van der Waals surface area contributed by atoms with Gasteiger partial charge in [-0.2, -0.15) is 0 Å². The lowest BCUT2D eigenvalue weighted by Crippen LogP contribution is -2.50. The molecule has 0 spiro atoms. The van der Waals surface area contributed by atoms with Crippen molar-refractivity contribution < 1.29 is 18.7 Å². The van der Waals surface area contributed by atoms with E-state index in [0.29, 0.717) is 19.1 Å². The van der Waals surface area contributed by atoms with E-state index in [9.17, 15) is 13.6 Å². The summed E-state index contributed by atoms with van der Waals surface area (Å²) < 4.78 is 28.0. The molecule has 1 aliphatic heterocycles. The summed E-state index contributed by atoms with van der Waals surface area (Å²) in [4.78, 5) is 14.7. The minimum absolute atomic E-state index is 0.121. The first-order valence-electron chi connectivity index (χ1n) is 7.15. The first kappa shape index (κ1) is 15.7. The van der Waals surface area contributed by atoms with Crippen LogP contribution in [0, 0.1) is 11.6 Å². The van der Waals surface area contributed by atoms with Crippen molar-refractivity contribution in [2.45, 2.75) is 26.3 Å². The number of carbonyl (C=O) groups is 1. The molecule has 1 fully saturated rings. The fourth-order valence-electron chi connectivity index (χ4n) is 2.64. The molecule has 1 atom stereocenters. The van der Waals surface area contributed by atoms with Crippen LogP contribution >= 0.6 is 0 Å². The monoisotopic (exact) mass is 298 g/mol. The molecule has 1 aromatic rings. The van der Waals surface area contributed by atoms with E-state index in [4.69, 9.17) is 5.11 Å². The fraction of sp³-hybridized carbons (Fsp3) is 0.533. The number of carboxylic acid groups (broad SMARTS) is 1. The van der Waals surface area contributed by atoms with Crippen LogP contribution < -0.4 is 4.90 Å². The molecule has 0 aliphatic carbocycles. The number of aromatic carboxylic acids is 1. The van der Waals surface area contributed by atoms with Crippen molar-refractivity contribution >= 4 is 11.7 Å². The maximum Gasteiger partial charge on any atom is 0.335 e. The maximum atomic E-state index is 14.0. The molecule has 1 heterocycles. The van der Waals surface area contributed by atoms with Crippen LogP contribution in [0.2, 0.25) is 0 Å². The van der Waals surface area contributed by atoms with Crippen molar-refractivity contribution in [3.05, 3.63) is 29.3 Å². The Bertz CT molecular complexity index is 505. The third kappa shape index (κ3) is 3.32. The SMILES string of the molecule is CCC(C)N1CCN(c2c(F)cc(C(=O)O)cc2F)CC1. The Morgan fingerprint density at radius 3 is 2.19 bits per heavy atom. The Balaban J connectivity index is 2.15. The molecule has 21 heavy (non-hydrogen) atoms. The van der Waals surface area contributed by atoms with Crippen molar-refractivity contribution in [3.63, 3.8) is 0 Å². The molecule has 4 nitrogen and oxygen atoms in total. The predicted octanol–water partition coefficient (Wildman–Crippen LogP) is 2.58. The number of piperazine rings is 1. The van der Waals surface area contributed by atoms with Crippen molar-refractivity contribution in [2.75, 3.05) is 31.1 Å². The molecule has 1 N–H and O–H groups in total. The van der Waals surface area contributed by atoms with Gasteiger partial charge in [0.05, 0.1) is 5.56 Å². The zero-order valence-corrected chi connectivity index (χ0v) is 12.3. The summed E-state index contributed by atoms with van der Waals surface area (Å²) in [5.74, 6) is -2.96. The summed E-state index contributed by atoms with van der Waals surface area (Å²) in [7, 11) is 0. The number of anilines is 1. The number of nitrogens with zero attached hydrogens (tertiary/aromatic N) is 2. The molecule has 0 amide bonds. The van der Waals surface area contributed by atoms with Crippen LogP contribution in [-0.4, -0.2) is 48.2 Å². The predicted molar refractivity (Wildman–Crippen MR) is 76.9 cm³/mol.